The smallest absolute Gasteiger partial charge is 0.239 e. The number of carbonyl (C=O) groups excluding carboxylic acids is 2. The summed E-state index contributed by atoms with van der Waals surface area (Å²) >= 11 is 0. The fourth-order valence-electron chi connectivity index (χ4n) is 2.76. The van der Waals surface area contributed by atoms with Gasteiger partial charge in [0.15, 0.2) is 0 Å². The lowest BCUT2D eigenvalue weighted by Gasteiger charge is -2.19. The lowest BCUT2D eigenvalue weighted by Crippen LogP contribution is -2.38. The first-order valence-corrected chi connectivity index (χ1v) is 9.19. The lowest BCUT2D eigenvalue weighted by atomic mass is 9.91. The van der Waals surface area contributed by atoms with E-state index < -0.39 is 0 Å². The maximum absolute atomic E-state index is 12.1. The van der Waals surface area contributed by atoms with Crippen LogP contribution in [0.3, 0.4) is 0 Å². The number of benzene rings is 2. The molecule has 2 rings (SSSR count). The van der Waals surface area contributed by atoms with Crippen molar-refractivity contribution in [2.75, 3.05) is 13.1 Å². The molecule has 0 saturated heterocycles. The highest BCUT2D eigenvalue weighted by Gasteiger charge is 2.15. The topological polar surface area (TPSA) is 58.2 Å². The highest BCUT2D eigenvalue weighted by molar-refractivity contribution is 5.84. The summed E-state index contributed by atoms with van der Waals surface area (Å²) < 4.78 is 0. The van der Waals surface area contributed by atoms with Crippen molar-refractivity contribution >= 4 is 11.8 Å². The van der Waals surface area contributed by atoms with Crippen molar-refractivity contribution < 1.29 is 9.59 Å². The third kappa shape index (κ3) is 6.71. The number of amides is 2. The number of carbonyl (C=O) groups is 2. The summed E-state index contributed by atoms with van der Waals surface area (Å²) in [6, 6.07) is 20.2. The third-order valence-electron chi connectivity index (χ3n) is 4.30. The Labute approximate surface area is 156 Å². The molecule has 0 aliphatic heterocycles. The summed E-state index contributed by atoms with van der Waals surface area (Å²) in [6.45, 7) is 4.67. The van der Waals surface area contributed by atoms with E-state index in [0.29, 0.717) is 18.9 Å². The molecule has 2 amide bonds. The summed E-state index contributed by atoms with van der Waals surface area (Å²) in [7, 11) is 0. The first-order valence-electron chi connectivity index (χ1n) is 9.19. The Morgan fingerprint density at radius 2 is 1.35 bits per heavy atom. The molecule has 0 spiro atoms. The molecule has 0 atom stereocenters. The van der Waals surface area contributed by atoms with Gasteiger partial charge in [-0.2, -0.15) is 0 Å². The van der Waals surface area contributed by atoms with E-state index in [9.17, 15) is 9.59 Å². The fourth-order valence-corrected chi connectivity index (χ4v) is 2.76. The van der Waals surface area contributed by atoms with E-state index in [4.69, 9.17) is 0 Å². The van der Waals surface area contributed by atoms with Crippen LogP contribution in [0.1, 0.15) is 43.7 Å². The Balaban J connectivity index is 1.89. The van der Waals surface area contributed by atoms with E-state index in [1.165, 1.54) is 0 Å². The second-order valence-corrected chi connectivity index (χ2v) is 6.89. The van der Waals surface area contributed by atoms with Crippen molar-refractivity contribution in [3.63, 3.8) is 0 Å². The summed E-state index contributed by atoms with van der Waals surface area (Å²) in [6.07, 6.45) is 1.29. The first-order chi connectivity index (χ1) is 12.6. The molecule has 2 aromatic carbocycles. The van der Waals surface area contributed by atoms with E-state index in [-0.39, 0.29) is 24.3 Å². The van der Waals surface area contributed by atoms with Crippen LogP contribution >= 0.6 is 0 Å². The monoisotopic (exact) mass is 352 g/mol. The average molecular weight is 352 g/mol. The minimum absolute atomic E-state index is 0.0211. The molecule has 0 aliphatic carbocycles. The van der Waals surface area contributed by atoms with Crippen LogP contribution in [0.25, 0.3) is 0 Å². The maximum Gasteiger partial charge on any atom is 0.239 e. The average Bonchev–Trinajstić information content (AvgIpc) is 2.66. The molecular formula is C22H28N2O2. The molecule has 0 bridgehead atoms. The number of hydrogen-bond donors (Lipinski definition) is 2. The maximum atomic E-state index is 12.1. The van der Waals surface area contributed by atoms with Gasteiger partial charge in [0.2, 0.25) is 11.8 Å². The zero-order chi connectivity index (χ0) is 18.8. The largest absolute Gasteiger partial charge is 0.354 e. The second kappa shape index (κ2) is 10.4. The van der Waals surface area contributed by atoms with Crippen molar-refractivity contribution in [2.45, 2.75) is 32.6 Å². The minimum atomic E-state index is -0.167. The van der Waals surface area contributed by atoms with Gasteiger partial charge in [0.05, 0.1) is 6.54 Å². The van der Waals surface area contributed by atoms with E-state index >= 15 is 0 Å². The molecule has 0 saturated carbocycles. The molecule has 26 heavy (non-hydrogen) atoms. The Morgan fingerprint density at radius 3 is 1.85 bits per heavy atom. The van der Waals surface area contributed by atoms with Gasteiger partial charge in [-0.25, -0.2) is 0 Å². The van der Waals surface area contributed by atoms with E-state index in [1.807, 2.05) is 36.4 Å². The zero-order valence-electron chi connectivity index (χ0n) is 15.6. The van der Waals surface area contributed by atoms with Crippen LogP contribution in [-0.2, 0) is 9.59 Å². The van der Waals surface area contributed by atoms with Crippen molar-refractivity contribution in [3.05, 3.63) is 71.8 Å². The minimum Gasteiger partial charge on any atom is -0.354 e. The van der Waals surface area contributed by atoms with Gasteiger partial charge in [0.1, 0.15) is 0 Å². The summed E-state index contributed by atoms with van der Waals surface area (Å²) in [5.74, 6) is 0.321. The molecule has 0 radical (unpaired) electrons. The van der Waals surface area contributed by atoms with Crippen molar-refractivity contribution in [2.24, 2.45) is 5.92 Å². The van der Waals surface area contributed by atoms with Gasteiger partial charge in [0.25, 0.3) is 0 Å². The molecule has 0 aliphatic rings. The number of nitrogens with one attached hydrogen (secondary N) is 2. The van der Waals surface area contributed by atoms with Crippen LogP contribution in [0.15, 0.2) is 60.7 Å². The summed E-state index contributed by atoms with van der Waals surface area (Å²) in [5.41, 5.74) is 2.31. The quantitative estimate of drug-likeness (QED) is 0.726. The van der Waals surface area contributed by atoms with Gasteiger partial charge < -0.3 is 10.6 Å². The van der Waals surface area contributed by atoms with Gasteiger partial charge in [-0.05, 0) is 23.5 Å². The van der Waals surface area contributed by atoms with Gasteiger partial charge >= 0.3 is 0 Å². The molecular weight excluding hydrogens is 324 g/mol. The van der Waals surface area contributed by atoms with Crippen LogP contribution in [0, 0.1) is 5.92 Å². The normalized spacial score (nSPS) is 10.8. The van der Waals surface area contributed by atoms with Crippen molar-refractivity contribution in [1.82, 2.24) is 10.6 Å². The highest BCUT2D eigenvalue weighted by atomic mass is 16.2. The molecule has 2 aromatic rings. The van der Waals surface area contributed by atoms with Crippen molar-refractivity contribution in [1.29, 1.82) is 0 Å². The van der Waals surface area contributed by atoms with E-state index in [2.05, 4.69) is 48.7 Å². The van der Waals surface area contributed by atoms with Crippen molar-refractivity contribution in [3.8, 4) is 0 Å². The Bertz CT molecular complexity index is 644. The van der Waals surface area contributed by atoms with Gasteiger partial charge in [0, 0.05) is 18.9 Å². The molecule has 0 aromatic heterocycles. The van der Waals surface area contributed by atoms with Crippen LogP contribution in [0.2, 0.25) is 0 Å². The van der Waals surface area contributed by atoms with Crippen LogP contribution in [-0.4, -0.2) is 24.9 Å². The van der Waals surface area contributed by atoms with Crippen LogP contribution in [0.5, 0.6) is 0 Å². The molecule has 138 valence electrons. The predicted octanol–water partition coefficient (Wildman–Crippen LogP) is 3.49. The summed E-state index contributed by atoms with van der Waals surface area (Å²) in [4.78, 5) is 23.9. The molecule has 2 N–H and O–H groups in total. The SMILES string of the molecule is CC(C)CCC(=O)NCC(=O)NCC(c1ccccc1)c1ccccc1. The lowest BCUT2D eigenvalue weighted by molar-refractivity contribution is -0.126. The molecule has 4 heteroatoms. The Hall–Kier alpha value is -2.62. The van der Waals surface area contributed by atoms with Gasteiger partial charge in [-0.3, -0.25) is 9.59 Å². The number of hydrogen-bond acceptors (Lipinski definition) is 2. The number of rotatable bonds is 9. The standard InChI is InChI=1S/C22H28N2O2/c1-17(2)13-14-21(25)24-16-22(26)23-15-20(18-9-5-3-6-10-18)19-11-7-4-8-12-19/h3-12,17,20H,13-16H2,1-2H3,(H,23,26)(H,24,25). The highest BCUT2D eigenvalue weighted by Crippen LogP contribution is 2.23. The van der Waals surface area contributed by atoms with Gasteiger partial charge in [-0.1, -0.05) is 74.5 Å². The van der Waals surface area contributed by atoms with E-state index in [0.717, 1.165) is 17.5 Å². The Kier molecular flexibility index (Phi) is 7.87. The van der Waals surface area contributed by atoms with Crippen LogP contribution < -0.4 is 10.6 Å². The third-order valence-corrected chi connectivity index (χ3v) is 4.30. The zero-order valence-corrected chi connectivity index (χ0v) is 15.6. The van der Waals surface area contributed by atoms with E-state index in [1.54, 1.807) is 0 Å². The second-order valence-electron chi connectivity index (χ2n) is 6.89. The van der Waals surface area contributed by atoms with Crippen LogP contribution in [0.4, 0.5) is 0 Å². The Morgan fingerprint density at radius 1 is 0.808 bits per heavy atom. The fraction of sp³-hybridized carbons (Fsp3) is 0.364. The first kappa shape index (κ1) is 19.7. The molecule has 0 heterocycles. The van der Waals surface area contributed by atoms with Gasteiger partial charge in [-0.15, -0.1) is 0 Å². The molecule has 0 unspecified atom stereocenters. The molecule has 4 nitrogen and oxygen atoms in total. The summed E-state index contributed by atoms with van der Waals surface area (Å²) in [5, 5.41) is 5.64. The predicted molar refractivity (Wildman–Crippen MR) is 105 cm³/mol. The molecule has 0 fully saturated rings.